The van der Waals surface area contributed by atoms with Crippen LogP contribution in [0.4, 0.5) is 0 Å². The minimum absolute atomic E-state index is 0.296. The van der Waals surface area contributed by atoms with Crippen LogP contribution in [0, 0.1) is 0 Å². The molecule has 0 aromatic heterocycles. The lowest BCUT2D eigenvalue weighted by Gasteiger charge is -2.09. The summed E-state index contributed by atoms with van der Waals surface area (Å²) < 4.78 is 5.69. The Morgan fingerprint density at radius 1 is 1.10 bits per heavy atom. The van der Waals surface area contributed by atoms with Crippen molar-refractivity contribution in [1.29, 1.82) is 0 Å². The molecule has 0 heterocycles. The van der Waals surface area contributed by atoms with E-state index in [2.05, 4.69) is 5.16 Å². The van der Waals surface area contributed by atoms with E-state index in [0.29, 0.717) is 24.5 Å². The Bertz CT molecular complexity index is 591. The fourth-order valence-corrected chi connectivity index (χ4v) is 1.73. The summed E-state index contributed by atoms with van der Waals surface area (Å²) in [5.74, 6) is 0.681. The molecule has 0 N–H and O–H groups in total. The molecule has 21 heavy (non-hydrogen) atoms. The largest absolute Gasteiger partial charge is 0.487 e. The van der Waals surface area contributed by atoms with E-state index in [9.17, 15) is 4.79 Å². The van der Waals surface area contributed by atoms with Gasteiger partial charge in [0.05, 0.1) is 0 Å². The van der Waals surface area contributed by atoms with E-state index >= 15 is 0 Å². The highest BCUT2D eigenvalue weighted by molar-refractivity contribution is 6.01. The number of hydrogen-bond donors (Lipinski definition) is 0. The molecule has 0 aliphatic carbocycles. The van der Waals surface area contributed by atoms with Crippen LogP contribution in [0.1, 0.15) is 22.8 Å². The molecule has 4 nitrogen and oxygen atoms in total. The van der Waals surface area contributed by atoms with Gasteiger partial charge in [0.2, 0.25) is 0 Å². The van der Waals surface area contributed by atoms with Gasteiger partial charge in [0.15, 0.2) is 0 Å². The van der Waals surface area contributed by atoms with Crippen molar-refractivity contribution < 1.29 is 14.4 Å². The number of oxime groups is 1. The average Bonchev–Trinajstić information content (AvgIpc) is 2.56. The molecular weight excluding hydrogens is 266 g/mol. The monoisotopic (exact) mass is 283 g/mol. The zero-order valence-corrected chi connectivity index (χ0v) is 11.9. The van der Waals surface area contributed by atoms with Gasteiger partial charge in [-0.05, 0) is 31.2 Å². The molecule has 0 saturated carbocycles. The van der Waals surface area contributed by atoms with Gasteiger partial charge in [-0.3, -0.25) is 4.79 Å². The van der Waals surface area contributed by atoms with Crippen LogP contribution in [0.2, 0.25) is 0 Å². The normalized spacial score (nSPS) is 11.0. The third-order valence-corrected chi connectivity index (χ3v) is 2.80. The summed E-state index contributed by atoms with van der Waals surface area (Å²) in [7, 11) is 0. The second kappa shape index (κ2) is 7.85. The van der Waals surface area contributed by atoms with E-state index in [4.69, 9.17) is 9.57 Å². The Balaban J connectivity index is 2.06. The molecule has 2 aromatic rings. The van der Waals surface area contributed by atoms with E-state index in [0.717, 1.165) is 17.6 Å². The van der Waals surface area contributed by atoms with E-state index < -0.39 is 0 Å². The van der Waals surface area contributed by atoms with Crippen molar-refractivity contribution in [1.82, 2.24) is 0 Å². The third-order valence-electron chi connectivity index (χ3n) is 2.80. The second-order valence-corrected chi connectivity index (χ2v) is 4.30. The predicted molar refractivity (Wildman–Crippen MR) is 81.9 cm³/mol. The van der Waals surface area contributed by atoms with Gasteiger partial charge in [0, 0.05) is 11.1 Å². The Hall–Kier alpha value is -2.62. The van der Waals surface area contributed by atoms with Crippen molar-refractivity contribution in [3.63, 3.8) is 0 Å². The van der Waals surface area contributed by atoms with Crippen LogP contribution < -0.4 is 4.74 Å². The summed E-state index contributed by atoms with van der Waals surface area (Å²) in [6, 6.07) is 16.7. The quantitative estimate of drug-likeness (QED) is 0.445. The molecule has 4 heteroatoms. The number of hydrogen-bond acceptors (Lipinski definition) is 4. The molecule has 0 aliphatic rings. The molecule has 108 valence electrons. The van der Waals surface area contributed by atoms with E-state index in [1.165, 1.54) is 0 Å². The molecule has 0 saturated heterocycles. The molecule has 0 spiro atoms. The number of rotatable bonds is 7. The van der Waals surface area contributed by atoms with Crippen LogP contribution in [0.3, 0.4) is 0 Å². The number of nitrogens with zero attached hydrogens (tertiary/aromatic N) is 1. The summed E-state index contributed by atoms with van der Waals surface area (Å²) in [4.78, 5) is 15.7. The van der Waals surface area contributed by atoms with Gasteiger partial charge in [-0.25, -0.2) is 0 Å². The molecule has 2 rings (SSSR count). The maximum absolute atomic E-state index is 10.6. The van der Waals surface area contributed by atoms with Gasteiger partial charge < -0.3 is 9.57 Å². The molecular formula is C17H17NO3. The lowest BCUT2D eigenvalue weighted by atomic mass is 10.1. The zero-order chi connectivity index (χ0) is 14.9. The van der Waals surface area contributed by atoms with Gasteiger partial charge in [-0.2, -0.15) is 0 Å². The number of benzene rings is 2. The summed E-state index contributed by atoms with van der Waals surface area (Å²) in [6.45, 7) is 2.68. The smallest absolute Gasteiger partial charge is 0.150 e. The van der Waals surface area contributed by atoms with E-state index in [1.807, 2.05) is 37.3 Å². The Labute approximate surface area is 124 Å². The fourth-order valence-electron chi connectivity index (χ4n) is 1.73. The molecule has 0 fully saturated rings. The van der Waals surface area contributed by atoms with Crippen molar-refractivity contribution in [3.05, 3.63) is 65.7 Å². The highest BCUT2D eigenvalue weighted by Crippen LogP contribution is 2.12. The maximum atomic E-state index is 10.6. The minimum Gasteiger partial charge on any atom is -0.487 e. The average molecular weight is 283 g/mol. The van der Waals surface area contributed by atoms with Gasteiger partial charge in [0.25, 0.3) is 0 Å². The lowest BCUT2D eigenvalue weighted by molar-refractivity contribution is 0.112. The van der Waals surface area contributed by atoms with Crippen LogP contribution >= 0.6 is 0 Å². The molecule has 0 unspecified atom stereocenters. The number of ether oxygens (including phenoxy) is 1. The lowest BCUT2D eigenvalue weighted by Crippen LogP contribution is -2.13. The molecule has 0 atom stereocenters. The van der Waals surface area contributed by atoms with E-state index in [1.54, 1.807) is 24.3 Å². The Morgan fingerprint density at radius 2 is 1.81 bits per heavy atom. The zero-order valence-electron chi connectivity index (χ0n) is 11.9. The Morgan fingerprint density at radius 3 is 2.43 bits per heavy atom. The summed E-state index contributed by atoms with van der Waals surface area (Å²) in [5, 5.41) is 4.10. The van der Waals surface area contributed by atoms with Crippen LogP contribution in [-0.4, -0.2) is 25.2 Å². The first-order chi connectivity index (χ1) is 10.3. The fraction of sp³-hybridized carbons (Fsp3) is 0.176. The van der Waals surface area contributed by atoms with Crippen molar-refractivity contribution in [3.8, 4) is 5.75 Å². The van der Waals surface area contributed by atoms with Crippen molar-refractivity contribution >= 4 is 12.0 Å². The van der Waals surface area contributed by atoms with Crippen LogP contribution in [0.15, 0.2) is 59.8 Å². The highest BCUT2D eigenvalue weighted by atomic mass is 16.6. The first-order valence-electron chi connectivity index (χ1n) is 6.75. The van der Waals surface area contributed by atoms with Gasteiger partial charge in [-0.1, -0.05) is 35.5 Å². The van der Waals surface area contributed by atoms with E-state index in [-0.39, 0.29) is 0 Å². The molecule has 0 radical (unpaired) electrons. The SMILES string of the molecule is CCO/N=C(\COc1ccc(C=O)cc1)c1ccccc1. The van der Waals surface area contributed by atoms with Crippen LogP contribution in [-0.2, 0) is 4.84 Å². The predicted octanol–water partition coefficient (Wildman–Crippen LogP) is 3.32. The summed E-state index contributed by atoms with van der Waals surface area (Å²) in [5.41, 5.74) is 2.29. The van der Waals surface area contributed by atoms with Gasteiger partial charge in [-0.15, -0.1) is 0 Å². The van der Waals surface area contributed by atoms with Crippen LogP contribution in [0.5, 0.6) is 5.75 Å². The van der Waals surface area contributed by atoms with Crippen molar-refractivity contribution in [2.75, 3.05) is 13.2 Å². The van der Waals surface area contributed by atoms with Crippen molar-refractivity contribution in [2.24, 2.45) is 5.16 Å². The molecule has 2 aromatic carbocycles. The molecule has 0 amide bonds. The minimum atomic E-state index is 0.296. The number of aldehydes is 1. The first-order valence-corrected chi connectivity index (χ1v) is 6.75. The van der Waals surface area contributed by atoms with Crippen LogP contribution in [0.25, 0.3) is 0 Å². The van der Waals surface area contributed by atoms with Gasteiger partial charge >= 0.3 is 0 Å². The topological polar surface area (TPSA) is 47.9 Å². The maximum Gasteiger partial charge on any atom is 0.150 e. The molecule has 0 aliphatic heterocycles. The van der Waals surface area contributed by atoms with Gasteiger partial charge in [0.1, 0.15) is 31.0 Å². The highest BCUT2D eigenvalue weighted by Gasteiger charge is 2.06. The third kappa shape index (κ3) is 4.45. The Kier molecular flexibility index (Phi) is 5.52. The molecule has 0 bridgehead atoms. The standard InChI is InChI=1S/C17H17NO3/c1-2-21-18-17(15-6-4-3-5-7-15)13-20-16-10-8-14(12-19)9-11-16/h3-12H,2,13H2,1H3/b18-17+. The van der Waals surface area contributed by atoms with Crippen molar-refractivity contribution in [2.45, 2.75) is 6.92 Å². The number of carbonyl (C=O) groups excluding carboxylic acids is 1. The summed E-state index contributed by atoms with van der Waals surface area (Å²) >= 11 is 0. The first kappa shape index (κ1) is 14.8. The number of carbonyl (C=O) groups is 1. The summed E-state index contributed by atoms with van der Waals surface area (Å²) in [6.07, 6.45) is 0.801. The second-order valence-electron chi connectivity index (χ2n) is 4.30.